The van der Waals surface area contributed by atoms with Crippen LogP contribution >= 0.6 is 11.3 Å². The summed E-state index contributed by atoms with van der Waals surface area (Å²) in [5.41, 5.74) is 1.26. The standard InChI is InChI=1S/C15H11NO3S/c1-18-14(17)10-6-2-4-8-12(10)19-15-16-11-7-3-5-9-13(11)20-15/h2-9H,1H3. The molecule has 2 aromatic carbocycles. The van der Waals surface area contributed by atoms with Crippen molar-refractivity contribution >= 4 is 27.5 Å². The van der Waals surface area contributed by atoms with Gasteiger partial charge < -0.3 is 9.47 Å². The molecule has 0 fully saturated rings. The van der Waals surface area contributed by atoms with Crippen molar-refractivity contribution in [2.24, 2.45) is 0 Å². The quantitative estimate of drug-likeness (QED) is 0.685. The zero-order valence-corrected chi connectivity index (χ0v) is 11.5. The number of methoxy groups -OCH3 is 1. The molecule has 0 aliphatic rings. The van der Waals surface area contributed by atoms with Crippen LogP contribution in [0.2, 0.25) is 0 Å². The molecule has 0 saturated heterocycles. The Morgan fingerprint density at radius 2 is 1.85 bits per heavy atom. The monoisotopic (exact) mass is 285 g/mol. The Labute approximate surface area is 119 Å². The number of thiazole rings is 1. The molecule has 0 saturated carbocycles. The van der Waals surface area contributed by atoms with E-state index in [1.54, 1.807) is 24.3 Å². The van der Waals surface area contributed by atoms with E-state index in [0.29, 0.717) is 16.5 Å². The van der Waals surface area contributed by atoms with E-state index >= 15 is 0 Å². The van der Waals surface area contributed by atoms with Crippen LogP contribution in [0.25, 0.3) is 10.2 Å². The normalized spacial score (nSPS) is 10.4. The van der Waals surface area contributed by atoms with E-state index in [4.69, 9.17) is 9.47 Å². The fraction of sp³-hybridized carbons (Fsp3) is 0.0667. The first-order valence-electron chi connectivity index (χ1n) is 5.98. The van der Waals surface area contributed by atoms with Crippen molar-refractivity contribution in [3.63, 3.8) is 0 Å². The van der Waals surface area contributed by atoms with Crippen molar-refractivity contribution in [3.8, 4) is 10.9 Å². The van der Waals surface area contributed by atoms with Gasteiger partial charge in [-0.2, -0.15) is 0 Å². The van der Waals surface area contributed by atoms with Crippen LogP contribution < -0.4 is 4.74 Å². The highest BCUT2D eigenvalue weighted by Gasteiger charge is 2.14. The minimum Gasteiger partial charge on any atom is -0.465 e. The second-order valence-corrected chi connectivity index (χ2v) is 5.03. The van der Waals surface area contributed by atoms with Crippen molar-refractivity contribution < 1.29 is 14.3 Å². The lowest BCUT2D eigenvalue weighted by Gasteiger charge is -2.06. The highest BCUT2D eigenvalue weighted by molar-refractivity contribution is 7.20. The van der Waals surface area contributed by atoms with Gasteiger partial charge in [0.2, 0.25) is 0 Å². The molecule has 20 heavy (non-hydrogen) atoms. The van der Waals surface area contributed by atoms with E-state index < -0.39 is 5.97 Å². The molecule has 0 aliphatic carbocycles. The number of esters is 1. The summed E-state index contributed by atoms with van der Waals surface area (Å²) in [6.45, 7) is 0. The van der Waals surface area contributed by atoms with E-state index in [2.05, 4.69) is 4.98 Å². The number of hydrogen-bond acceptors (Lipinski definition) is 5. The highest BCUT2D eigenvalue weighted by atomic mass is 32.1. The van der Waals surface area contributed by atoms with Gasteiger partial charge in [-0.1, -0.05) is 35.6 Å². The molecule has 100 valence electrons. The molecule has 0 N–H and O–H groups in total. The smallest absolute Gasteiger partial charge is 0.341 e. The maximum Gasteiger partial charge on any atom is 0.341 e. The van der Waals surface area contributed by atoms with Crippen LogP contribution in [0, 0.1) is 0 Å². The largest absolute Gasteiger partial charge is 0.465 e. The summed E-state index contributed by atoms with van der Waals surface area (Å²) >= 11 is 1.43. The third kappa shape index (κ3) is 2.35. The van der Waals surface area contributed by atoms with Gasteiger partial charge in [0, 0.05) is 0 Å². The lowest BCUT2D eigenvalue weighted by atomic mass is 10.2. The molecule has 0 amide bonds. The number of carbonyl (C=O) groups is 1. The molecule has 0 bridgehead atoms. The molecule has 3 aromatic rings. The Bertz CT molecular complexity index is 733. The lowest BCUT2D eigenvalue weighted by molar-refractivity contribution is 0.0598. The molecule has 0 aliphatic heterocycles. The minimum absolute atomic E-state index is 0.384. The van der Waals surface area contributed by atoms with Crippen molar-refractivity contribution in [1.82, 2.24) is 4.98 Å². The maximum atomic E-state index is 11.7. The zero-order valence-electron chi connectivity index (χ0n) is 10.7. The van der Waals surface area contributed by atoms with Gasteiger partial charge in [-0.25, -0.2) is 9.78 Å². The second-order valence-electron chi connectivity index (χ2n) is 4.04. The molecule has 1 heterocycles. The number of fused-ring (bicyclic) bond motifs is 1. The number of rotatable bonds is 3. The first-order chi connectivity index (χ1) is 9.78. The van der Waals surface area contributed by atoms with Crippen LogP contribution in [0.5, 0.6) is 10.9 Å². The predicted octanol–water partition coefficient (Wildman–Crippen LogP) is 3.88. The summed E-state index contributed by atoms with van der Waals surface area (Å²) in [6, 6.07) is 14.7. The number of ether oxygens (including phenoxy) is 2. The summed E-state index contributed by atoms with van der Waals surface area (Å²) < 4.78 is 11.5. The van der Waals surface area contributed by atoms with Crippen LogP contribution in [0.4, 0.5) is 0 Å². The van der Waals surface area contributed by atoms with Crippen LogP contribution in [0.3, 0.4) is 0 Å². The number of hydrogen-bond donors (Lipinski definition) is 0. The second kappa shape index (κ2) is 5.30. The Morgan fingerprint density at radius 3 is 2.65 bits per heavy atom. The predicted molar refractivity (Wildman–Crippen MR) is 77.5 cm³/mol. The van der Waals surface area contributed by atoms with Crippen molar-refractivity contribution in [3.05, 3.63) is 54.1 Å². The van der Waals surface area contributed by atoms with E-state index in [-0.39, 0.29) is 0 Å². The average molecular weight is 285 g/mol. The molecule has 0 unspecified atom stereocenters. The van der Waals surface area contributed by atoms with Gasteiger partial charge in [0.05, 0.1) is 17.3 Å². The number of para-hydroxylation sites is 2. The topological polar surface area (TPSA) is 48.4 Å². The maximum absolute atomic E-state index is 11.7. The lowest BCUT2D eigenvalue weighted by Crippen LogP contribution is -2.03. The molecule has 0 radical (unpaired) electrons. The minimum atomic E-state index is -0.429. The average Bonchev–Trinajstić information content (AvgIpc) is 2.89. The SMILES string of the molecule is COC(=O)c1ccccc1Oc1nc2ccccc2s1. The number of nitrogens with zero attached hydrogens (tertiary/aromatic N) is 1. The Kier molecular flexibility index (Phi) is 3.35. The Balaban J connectivity index is 1.96. The van der Waals surface area contributed by atoms with Crippen molar-refractivity contribution in [2.75, 3.05) is 7.11 Å². The first kappa shape index (κ1) is 12.6. The first-order valence-corrected chi connectivity index (χ1v) is 6.80. The van der Waals surface area contributed by atoms with E-state index in [1.807, 2.05) is 24.3 Å². The molecule has 1 aromatic heterocycles. The Hall–Kier alpha value is -2.40. The summed E-state index contributed by atoms with van der Waals surface area (Å²) in [7, 11) is 1.34. The van der Waals surface area contributed by atoms with Crippen LogP contribution in [-0.4, -0.2) is 18.1 Å². The van der Waals surface area contributed by atoms with Crippen molar-refractivity contribution in [2.45, 2.75) is 0 Å². The van der Waals surface area contributed by atoms with Gasteiger partial charge in [0.1, 0.15) is 11.3 Å². The van der Waals surface area contributed by atoms with Crippen LogP contribution in [0.15, 0.2) is 48.5 Å². The van der Waals surface area contributed by atoms with Crippen LogP contribution in [0.1, 0.15) is 10.4 Å². The van der Waals surface area contributed by atoms with Gasteiger partial charge in [-0.05, 0) is 24.3 Å². The molecule has 3 rings (SSSR count). The fourth-order valence-electron chi connectivity index (χ4n) is 1.82. The van der Waals surface area contributed by atoms with Crippen LogP contribution in [-0.2, 0) is 4.74 Å². The number of aromatic nitrogens is 1. The number of carbonyl (C=O) groups excluding carboxylic acids is 1. The molecular weight excluding hydrogens is 274 g/mol. The zero-order chi connectivity index (χ0) is 13.9. The number of benzene rings is 2. The van der Waals surface area contributed by atoms with Gasteiger partial charge in [0.25, 0.3) is 5.19 Å². The molecule has 4 nitrogen and oxygen atoms in total. The van der Waals surface area contributed by atoms with Gasteiger partial charge in [-0.3, -0.25) is 0 Å². The summed E-state index contributed by atoms with van der Waals surface area (Å²) in [6.07, 6.45) is 0. The third-order valence-corrected chi connectivity index (χ3v) is 3.68. The summed E-state index contributed by atoms with van der Waals surface area (Å²) in [5, 5.41) is 0.502. The molecule has 0 spiro atoms. The molecule has 5 heteroatoms. The molecular formula is C15H11NO3S. The summed E-state index contributed by atoms with van der Waals surface area (Å²) in [4.78, 5) is 16.1. The van der Waals surface area contributed by atoms with Gasteiger partial charge >= 0.3 is 5.97 Å². The summed E-state index contributed by atoms with van der Waals surface area (Å²) in [5.74, 6) is 0.0140. The van der Waals surface area contributed by atoms with E-state index in [9.17, 15) is 4.79 Å². The molecule has 0 atom stereocenters. The fourth-order valence-corrected chi connectivity index (χ4v) is 2.65. The van der Waals surface area contributed by atoms with Gasteiger partial charge in [0.15, 0.2) is 0 Å². The van der Waals surface area contributed by atoms with Gasteiger partial charge in [-0.15, -0.1) is 0 Å². The highest BCUT2D eigenvalue weighted by Crippen LogP contribution is 2.32. The Morgan fingerprint density at radius 1 is 1.10 bits per heavy atom. The van der Waals surface area contributed by atoms with E-state index in [0.717, 1.165) is 10.2 Å². The third-order valence-electron chi connectivity index (χ3n) is 2.76. The van der Waals surface area contributed by atoms with Crippen molar-refractivity contribution in [1.29, 1.82) is 0 Å². The van der Waals surface area contributed by atoms with E-state index in [1.165, 1.54) is 18.4 Å².